The van der Waals surface area contributed by atoms with Gasteiger partial charge in [-0.3, -0.25) is 9.59 Å². The molecule has 8 nitrogen and oxygen atoms in total. The van der Waals surface area contributed by atoms with E-state index in [9.17, 15) is 18.0 Å². The van der Waals surface area contributed by atoms with Gasteiger partial charge >= 0.3 is 0 Å². The Morgan fingerprint density at radius 1 is 0.914 bits per heavy atom. The van der Waals surface area contributed by atoms with Crippen molar-refractivity contribution in [1.82, 2.24) is 9.80 Å². The standard InChI is InChI=1S/C26H32N2O6S/c1-33-20-6-9-23(34-2)22(17-20)25(30)27-13-10-26(11-14-27)12-15-28(18-26)24(29)16-19-4-7-21(8-5-19)35(3,31)32/h4-9,17H,10-16,18H2,1-3H3. The van der Waals surface area contributed by atoms with Crippen LogP contribution in [0.4, 0.5) is 0 Å². The molecule has 0 unspecified atom stereocenters. The Morgan fingerprint density at radius 3 is 2.11 bits per heavy atom. The highest BCUT2D eigenvalue weighted by molar-refractivity contribution is 7.90. The van der Waals surface area contributed by atoms with Crippen molar-refractivity contribution in [1.29, 1.82) is 0 Å². The molecule has 0 atom stereocenters. The minimum atomic E-state index is -3.26. The van der Waals surface area contributed by atoms with Crippen LogP contribution in [0.25, 0.3) is 0 Å². The first-order valence-electron chi connectivity index (χ1n) is 11.7. The number of carbonyl (C=O) groups excluding carboxylic acids is 2. The number of piperidine rings is 1. The molecule has 0 bridgehead atoms. The zero-order chi connectivity index (χ0) is 25.2. The zero-order valence-electron chi connectivity index (χ0n) is 20.5. The summed E-state index contributed by atoms with van der Waals surface area (Å²) in [6.45, 7) is 2.66. The molecule has 0 aromatic heterocycles. The summed E-state index contributed by atoms with van der Waals surface area (Å²) in [5, 5.41) is 0. The van der Waals surface area contributed by atoms with Gasteiger partial charge in [0.2, 0.25) is 5.91 Å². The SMILES string of the molecule is COc1ccc(OC)c(C(=O)N2CCC3(CCN(C(=O)Cc4ccc(S(C)(=O)=O)cc4)C3)CC2)c1. The normalized spacial score (nSPS) is 17.5. The predicted molar refractivity (Wildman–Crippen MR) is 132 cm³/mol. The van der Waals surface area contributed by atoms with Gasteiger partial charge < -0.3 is 19.3 Å². The Kier molecular flexibility index (Phi) is 7.07. The number of hydrogen-bond acceptors (Lipinski definition) is 6. The third kappa shape index (κ3) is 5.45. The van der Waals surface area contributed by atoms with Crippen molar-refractivity contribution in [2.24, 2.45) is 5.41 Å². The second kappa shape index (κ2) is 9.89. The van der Waals surface area contributed by atoms with Gasteiger partial charge in [0.15, 0.2) is 9.84 Å². The van der Waals surface area contributed by atoms with E-state index in [2.05, 4.69) is 0 Å². The van der Waals surface area contributed by atoms with E-state index in [1.54, 1.807) is 56.7 Å². The van der Waals surface area contributed by atoms with Crippen LogP contribution < -0.4 is 9.47 Å². The second-order valence-corrected chi connectivity index (χ2v) is 11.5. The first-order chi connectivity index (χ1) is 16.6. The highest BCUT2D eigenvalue weighted by Crippen LogP contribution is 2.41. The number of ether oxygens (including phenoxy) is 2. The maximum Gasteiger partial charge on any atom is 0.257 e. The molecule has 188 valence electrons. The minimum Gasteiger partial charge on any atom is -0.497 e. The average molecular weight is 501 g/mol. The van der Waals surface area contributed by atoms with E-state index in [0.717, 1.165) is 24.8 Å². The summed E-state index contributed by atoms with van der Waals surface area (Å²) in [5.74, 6) is 1.12. The molecule has 35 heavy (non-hydrogen) atoms. The number of benzene rings is 2. The summed E-state index contributed by atoms with van der Waals surface area (Å²) >= 11 is 0. The number of nitrogens with zero attached hydrogens (tertiary/aromatic N) is 2. The lowest BCUT2D eigenvalue weighted by Crippen LogP contribution is -2.44. The number of likely N-dealkylation sites (tertiary alicyclic amines) is 2. The molecule has 2 amide bonds. The molecule has 2 aliphatic heterocycles. The van der Waals surface area contributed by atoms with E-state index < -0.39 is 9.84 Å². The summed E-state index contributed by atoms with van der Waals surface area (Å²) < 4.78 is 33.9. The largest absolute Gasteiger partial charge is 0.497 e. The third-order valence-electron chi connectivity index (χ3n) is 7.25. The molecule has 2 saturated heterocycles. The number of rotatable bonds is 6. The smallest absolute Gasteiger partial charge is 0.257 e. The van der Waals surface area contributed by atoms with Crippen LogP contribution in [0, 0.1) is 5.41 Å². The van der Waals surface area contributed by atoms with Crippen LogP contribution in [0.1, 0.15) is 35.2 Å². The Bertz CT molecular complexity index is 1200. The van der Waals surface area contributed by atoms with Gasteiger partial charge in [0.1, 0.15) is 11.5 Å². The fraction of sp³-hybridized carbons (Fsp3) is 0.462. The van der Waals surface area contributed by atoms with E-state index in [4.69, 9.17) is 9.47 Å². The van der Waals surface area contributed by atoms with Crippen LogP contribution in [0.15, 0.2) is 47.4 Å². The van der Waals surface area contributed by atoms with Crippen molar-refractivity contribution in [3.63, 3.8) is 0 Å². The Balaban J connectivity index is 1.35. The van der Waals surface area contributed by atoms with E-state index in [1.165, 1.54) is 6.26 Å². The summed E-state index contributed by atoms with van der Waals surface area (Å²) in [7, 11) is -0.137. The van der Waals surface area contributed by atoms with E-state index >= 15 is 0 Å². The quantitative estimate of drug-likeness (QED) is 0.606. The molecule has 0 aliphatic carbocycles. The van der Waals surface area contributed by atoms with Crippen molar-refractivity contribution in [3.05, 3.63) is 53.6 Å². The monoisotopic (exact) mass is 500 g/mol. The Morgan fingerprint density at radius 2 is 1.54 bits per heavy atom. The van der Waals surface area contributed by atoms with E-state index in [0.29, 0.717) is 43.2 Å². The lowest BCUT2D eigenvalue weighted by molar-refractivity contribution is -0.130. The fourth-order valence-electron chi connectivity index (χ4n) is 5.03. The predicted octanol–water partition coefficient (Wildman–Crippen LogP) is 2.80. The van der Waals surface area contributed by atoms with Gasteiger partial charge in [0.25, 0.3) is 5.91 Å². The van der Waals surface area contributed by atoms with Crippen molar-refractivity contribution in [2.75, 3.05) is 46.7 Å². The summed E-state index contributed by atoms with van der Waals surface area (Å²) in [6.07, 6.45) is 4.04. The van der Waals surface area contributed by atoms with Gasteiger partial charge in [0, 0.05) is 32.4 Å². The number of sulfone groups is 1. The van der Waals surface area contributed by atoms with Crippen molar-refractivity contribution in [2.45, 2.75) is 30.6 Å². The molecule has 2 aromatic rings. The first kappa shape index (κ1) is 25.0. The minimum absolute atomic E-state index is 0.0328. The first-order valence-corrected chi connectivity index (χ1v) is 13.6. The van der Waals surface area contributed by atoms with Crippen LogP contribution in [-0.2, 0) is 21.1 Å². The number of amides is 2. The molecule has 0 radical (unpaired) electrons. The number of hydrogen-bond donors (Lipinski definition) is 0. The van der Waals surface area contributed by atoms with E-state index in [-0.39, 0.29) is 28.5 Å². The van der Waals surface area contributed by atoms with Crippen LogP contribution in [0.3, 0.4) is 0 Å². The van der Waals surface area contributed by atoms with Crippen LogP contribution in [-0.4, -0.2) is 76.7 Å². The molecule has 9 heteroatoms. The Labute approximate surface area is 206 Å². The molecule has 2 fully saturated rings. The van der Waals surface area contributed by atoms with Crippen LogP contribution in [0.5, 0.6) is 11.5 Å². The van der Waals surface area contributed by atoms with Crippen LogP contribution in [0.2, 0.25) is 0 Å². The van der Waals surface area contributed by atoms with E-state index in [1.807, 2.05) is 9.80 Å². The number of methoxy groups -OCH3 is 2. The molecular weight excluding hydrogens is 468 g/mol. The maximum atomic E-state index is 13.2. The van der Waals surface area contributed by atoms with Gasteiger partial charge in [-0.25, -0.2) is 8.42 Å². The number of carbonyl (C=O) groups is 2. The lowest BCUT2D eigenvalue weighted by atomic mass is 9.77. The second-order valence-electron chi connectivity index (χ2n) is 9.52. The highest BCUT2D eigenvalue weighted by atomic mass is 32.2. The molecule has 1 spiro atoms. The average Bonchev–Trinajstić information content (AvgIpc) is 3.27. The summed E-state index contributed by atoms with van der Waals surface area (Å²) in [4.78, 5) is 30.1. The van der Waals surface area contributed by atoms with Gasteiger partial charge in [-0.15, -0.1) is 0 Å². The molecular formula is C26H32N2O6S. The molecule has 0 saturated carbocycles. The highest BCUT2D eigenvalue weighted by Gasteiger charge is 2.43. The molecule has 4 rings (SSSR count). The van der Waals surface area contributed by atoms with Crippen molar-refractivity contribution < 1.29 is 27.5 Å². The Hall–Kier alpha value is -3.07. The molecule has 2 aliphatic rings. The zero-order valence-corrected chi connectivity index (χ0v) is 21.3. The topological polar surface area (TPSA) is 93.2 Å². The molecule has 0 N–H and O–H groups in total. The van der Waals surface area contributed by atoms with Gasteiger partial charge in [-0.05, 0) is 60.6 Å². The van der Waals surface area contributed by atoms with Crippen molar-refractivity contribution in [3.8, 4) is 11.5 Å². The van der Waals surface area contributed by atoms with Gasteiger partial charge in [-0.1, -0.05) is 12.1 Å². The van der Waals surface area contributed by atoms with Crippen molar-refractivity contribution >= 4 is 21.7 Å². The fourth-order valence-corrected chi connectivity index (χ4v) is 5.66. The third-order valence-corrected chi connectivity index (χ3v) is 8.37. The molecule has 2 heterocycles. The summed E-state index contributed by atoms with van der Waals surface area (Å²) in [6, 6.07) is 11.7. The van der Waals surface area contributed by atoms with Gasteiger partial charge in [-0.2, -0.15) is 0 Å². The maximum absolute atomic E-state index is 13.2. The lowest BCUT2D eigenvalue weighted by Gasteiger charge is -2.39. The van der Waals surface area contributed by atoms with Crippen LogP contribution >= 0.6 is 0 Å². The summed E-state index contributed by atoms with van der Waals surface area (Å²) in [5.41, 5.74) is 1.33. The molecule has 2 aromatic carbocycles. The van der Waals surface area contributed by atoms with Gasteiger partial charge in [0.05, 0.1) is 31.1 Å².